The van der Waals surface area contributed by atoms with Crippen molar-refractivity contribution in [3.8, 4) is 11.8 Å². The van der Waals surface area contributed by atoms with Crippen molar-refractivity contribution in [3.63, 3.8) is 0 Å². The second kappa shape index (κ2) is 5.23. The molecule has 0 aromatic carbocycles. The van der Waals surface area contributed by atoms with Crippen molar-refractivity contribution in [2.75, 3.05) is 0 Å². The lowest BCUT2D eigenvalue weighted by atomic mass is 9.72. The van der Waals surface area contributed by atoms with Gasteiger partial charge in [0.25, 0.3) is 0 Å². The minimum atomic E-state index is -0.0202. The number of hydrogen-bond acceptors (Lipinski definition) is 2. The minimum absolute atomic E-state index is 0.00636. The first kappa shape index (κ1) is 13.6. The molecule has 1 unspecified atom stereocenters. The molecule has 2 nitrogen and oxygen atoms in total. The average molecular weight is 232 g/mol. The van der Waals surface area contributed by atoms with Gasteiger partial charge in [-0.15, -0.1) is 0 Å². The molecule has 1 aliphatic rings. The highest BCUT2D eigenvalue weighted by Gasteiger charge is 2.31. The standard InChI is InChI=1S/C15H20O2/c1-11(8-10-16)5-6-13-12(2)14(17)7-9-15(13,3)4/h8,10-11,16H,7,9H2,1-4H3/b10-8+. The molecule has 1 aliphatic carbocycles. The summed E-state index contributed by atoms with van der Waals surface area (Å²) in [6, 6.07) is 0. The lowest BCUT2D eigenvalue weighted by Gasteiger charge is -2.30. The zero-order valence-electron chi connectivity index (χ0n) is 11.0. The normalized spacial score (nSPS) is 21.3. The molecule has 17 heavy (non-hydrogen) atoms. The Morgan fingerprint density at radius 1 is 1.47 bits per heavy atom. The zero-order chi connectivity index (χ0) is 13.1. The average Bonchev–Trinajstić information content (AvgIpc) is 2.24. The topological polar surface area (TPSA) is 37.3 Å². The number of carbonyl (C=O) groups is 1. The summed E-state index contributed by atoms with van der Waals surface area (Å²) in [5, 5.41) is 8.66. The first-order valence-electron chi connectivity index (χ1n) is 5.95. The van der Waals surface area contributed by atoms with E-state index in [9.17, 15) is 4.79 Å². The van der Waals surface area contributed by atoms with Crippen LogP contribution in [0.2, 0.25) is 0 Å². The van der Waals surface area contributed by atoms with Gasteiger partial charge in [-0.3, -0.25) is 4.79 Å². The van der Waals surface area contributed by atoms with Gasteiger partial charge < -0.3 is 5.11 Å². The third-order valence-corrected chi connectivity index (χ3v) is 3.25. The zero-order valence-corrected chi connectivity index (χ0v) is 11.0. The van der Waals surface area contributed by atoms with E-state index in [-0.39, 0.29) is 17.1 Å². The van der Waals surface area contributed by atoms with Crippen LogP contribution in [0.5, 0.6) is 0 Å². The van der Waals surface area contributed by atoms with Crippen molar-refractivity contribution in [1.82, 2.24) is 0 Å². The van der Waals surface area contributed by atoms with E-state index in [4.69, 9.17) is 5.11 Å². The maximum absolute atomic E-state index is 11.7. The summed E-state index contributed by atoms with van der Waals surface area (Å²) < 4.78 is 0. The number of Topliss-reactive ketones (excluding diaryl/α,β-unsaturated/α-hetero) is 1. The third-order valence-electron chi connectivity index (χ3n) is 3.25. The van der Waals surface area contributed by atoms with Gasteiger partial charge in [0.1, 0.15) is 0 Å². The molecule has 0 aromatic rings. The molecule has 1 rings (SSSR count). The van der Waals surface area contributed by atoms with Crippen LogP contribution in [-0.2, 0) is 4.79 Å². The van der Waals surface area contributed by atoms with Crippen molar-refractivity contribution in [1.29, 1.82) is 0 Å². The second-order valence-corrected chi connectivity index (χ2v) is 5.21. The van der Waals surface area contributed by atoms with Gasteiger partial charge in [-0.2, -0.15) is 0 Å². The summed E-state index contributed by atoms with van der Waals surface area (Å²) in [7, 11) is 0. The molecule has 0 saturated heterocycles. The van der Waals surface area contributed by atoms with Crippen molar-refractivity contribution < 1.29 is 9.90 Å². The van der Waals surface area contributed by atoms with Crippen molar-refractivity contribution in [3.05, 3.63) is 23.5 Å². The molecule has 0 radical (unpaired) electrons. The smallest absolute Gasteiger partial charge is 0.159 e. The van der Waals surface area contributed by atoms with E-state index < -0.39 is 0 Å². The molecular formula is C15H20O2. The van der Waals surface area contributed by atoms with E-state index in [1.54, 1.807) is 6.08 Å². The number of ketones is 1. The minimum Gasteiger partial charge on any atom is -0.516 e. The molecular weight excluding hydrogens is 212 g/mol. The number of aliphatic hydroxyl groups excluding tert-OH is 1. The molecule has 0 aliphatic heterocycles. The van der Waals surface area contributed by atoms with Gasteiger partial charge in [-0.25, -0.2) is 0 Å². The van der Waals surface area contributed by atoms with Crippen molar-refractivity contribution in [2.45, 2.75) is 40.5 Å². The summed E-state index contributed by atoms with van der Waals surface area (Å²) in [5.74, 6) is 6.38. The van der Waals surface area contributed by atoms with Crippen LogP contribution in [0.4, 0.5) is 0 Å². The highest BCUT2D eigenvalue weighted by molar-refractivity contribution is 5.97. The van der Waals surface area contributed by atoms with Crippen LogP contribution in [0.15, 0.2) is 23.5 Å². The van der Waals surface area contributed by atoms with Gasteiger partial charge in [0.05, 0.1) is 6.26 Å². The highest BCUT2D eigenvalue weighted by Crippen LogP contribution is 2.38. The Labute approximate surface area is 103 Å². The fourth-order valence-corrected chi connectivity index (χ4v) is 2.01. The summed E-state index contributed by atoms with van der Waals surface area (Å²) in [4.78, 5) is 11.7. The molecule has 1 atom stereocenters. The Bertz CT molecular complexity index is 428. The van der Waals surface area contributed by atoms with Crippen LogP contribution in [0, 0.1) is 23.2 Å². The Morgan fingerprint density at radius 3 is 2.71 bits per heavy atom. The van der Waals surface area contributed by atoms with Crippen LogP contribution < -0.4 is 0 Å². The van der Waals surface area contributed by atoms with Gasteiger partial charge in [0, 0.05) is 23.5 Å². The maximum atomic E-state index is 11.7. The third kappa shape index (κ3) is 3.23. The van der Waals surface area contributed by atoms with Gasteiger partial charge in [0.2, 0.25) is 0 Å². The second-order valence-electron chi connectivity index (χ2n) is 5.21. The molecule has 0 spiro atoms. The van der Waals surface area contributed by atoms with Crippen LogP contribution in [0.1, 0.15) is 40.5 Å². The van der Waals surface area contributed by atoms with E-state index in [0.29, 0.717) is 6.42 Å². The monoisotopic (exact) mass is 232 g/mol. The van der Waals surface area contributed by atoms with Gasteiger partial charge in [-0.1, -0.05) is 25.7 Å². The summed E-state index contributed by atoms with van der Waals surface area (Å²) in [6.07, 6.45) is 4.12. The van der Waals surface area contributed by atoms with E-state index in [1.165, 1.54) is 0 Å². The predicted molar refractivity (Wildman–Crippen MR) is 69.4 cm³/mol. The van der Waals surface area contributed by atoms with Gasteiger partial charge >= 0.3 is 0 Å². The Morgan fingerprint density at radius 2 is 2.12 bits per heavy atom. The quantitative estimate of drug-likeness (QED) is 0.555. The molecule has 92 valence electrons. The fraction of sp³-hybridized carbons (Fsp3) is 0.533. The number of carbonyl (C=O) groups excluding carboxylic acids is 1. The largest absolute Gasteiger partial charge is 0.516 e. The molecule has 2 heteroatoms. The molecule has 0 heterocycles. The molecule has 0 amide bonds. The lowest BCUT2D eigenvalue weighted by Crippen LogP contribution is -2.24. The van der Waals surface area contributed by atoms with E-state index in [2.05, 4.69) is 25.7 Å². The van der Waals surface area contributed by atoms with Crippen molar-refractivity contribution >= 4 is 5.78 Å². The van der Waals surface area contributed by atoms with E-state index >= 15 is 0 Å². The van der Waals surface area contributed by atoms with Gasteiger partial charge in [0.15, 0.2) is 5.78 Å². The van der Waals surface area contributed by atoms with E-state index in [0.717, 1.165) is 23.8 Å². The predicted octanol–water partition coefficient (Wildman–Crippen LogP) is 3.40. The highest BCUT2D eigenvalue weighted by atomic mass is 16.2. The van der Waals surface area contributed by atoms with Crippen molar-refractivity contribution in [2.24, 2.45) is 11.3 Å². The Hall–Kier alpha value is -1.49. The summed E-state index contributed by atoms with van der Waals surface area (Å²) >= 11 is 0. The van der Waals surface area contributed by atoms with Crippen LogP contribution in [0.3, 0.4) is 0 Å². The molecule has 0 bridgehead atoms. The Balaban J connectivity index is 3.08. The Kier molecular flexibility index (Phi) is 4.17. The first-order chi connectivity index (χ1) is 7.88. The molecule has 1 N–H and O–H groups in total. The fourth-order valence-electron chi connectivity index (χ4n) is 2.01. The molecule has 0 saturated carbocycles. The number of allylic oxidation sites excluding steroid dienone is 3. The SMILES string of the molecule is CC1=C(C#CC(C)/C=C/O)C(C)(C)CCC1=O. The van der Waals surface area contributed by atoms with E-state index in [1.807, 2.05) is 13.8 Å². The van der Waals surface area contributed by atoms with Crippen LogP contribution in [-0.4, -0.2) is 10.9 Å². The molecule has 0 aromatic heterocycles. The summed E-state index contributed by atoms with van der Waals surface area (Å²) in [6.45, 7) is 8.02. The number of aliphatic hydroxyl groups is 1. The number of hydrogen-bond donors (Lipinski definition) is 1. The lowest BCUT2D eigenvalue weighted by molar-refractivity contribution is -0.116. The first-order valence-corrected chi connectivity index (χ1v) is 5.95. The van der Waals surface area contributed by atoms with Gasteiger partial charge in [-0.05, 0) is 31.8 Å². The van der Waals surface area contributed by atoms with Crippen LogP contribution in [0.25, 0.3) is 0 Å². The number of rotatable bonds is 1. The maximum Gasteiger partial charge on any atom is 0.159 e. The molecule has 0 fully saturated rings. The summed E-state index contributed by atoms with van der Waals surface area (Å²) in [5.41, 5.74) is 1.73. The van der Waals surface area contributed by atoms with Crippen LogP contribution >= 0.6 is 0 Å².